The molecule has 58 heavy (non-hydrogen) atoms. The summed E-state index contributed by atoms with van der Waals surface area (Å²) in [5.74, 6) is 2.68. The van der Waals surface area contributed by atoms with Gasteiger partial charge in [-0.3, -0.25) is 19.3 Å². The van der Waals surface area contributed by atoms with Gasteiger partial charge in [-0.15, -0.1) is 16.4 Å². The smallest absolute Gasteiger partial charge is 0.351 e. The van der Waals surface area contributed by atoms with Crippen molar-refractivity contribution in [3.63, 3.8) is 0 Å². The lowest BCUT2D eigenvalue weighted by Gasteiger charge is -2.43. The van der Waals surface area contributed by atoms with E-state index in [-0.39, 0.29) is 18.0 Å². The summed E-state index contributed by atoms with van der Waals surface area (Å²) in [5.41, 5.74) is 9.66. The molecule has 3 aliphatic heterocycles. The van der Waals surface area contributed by atoms with Crippen molar-refractivity contribution in [1.29, 1.82) is 0 Å². The first-order chi connectivity index (χ1) is 28.4. The van der Waals surface area contributed by atoms with Crippen LogP contribution in [0.3, 0.4) is 0 Å². The number of ether oxygens (including phenoxy) is 1. The van der Waals surface area contributed by atoms with E-state index in [1.165, 1.54) is 46.1 Å². The van der Waals surface area contributed by atoms with Crippen LogP contribution >= 0.6 is 11.3 Å². The fraction of sp³-hybridized carbons (Fsp3) is 0.395. The fourth-order valence-electron chi connectivity index (χ4n) is 8.61. The fourth-order valence-corrected chi connectivity index (χ4v) is 10.0. The second-order valence-electron chi connectivity index (χ2n) is 15.7. The quantitative estimate of drug-likeness (QED) is 0.164. The van der Waals surface area contributed by atoms with Gasteiger partial charge in [0.1, 0.15) is 29.7 Å². The van der Waals surface area contributed by atoms with E-state index in [4.69, 9.17) is 10.5 Å². The molecule has 1 unspecified atom stereocenters. The lowest BCUT2D eigenvalue weighted by molar-refractivity contribution is -0.136. The molecule has 10 rings (SSSR count). The Morgan fingerprint density at radius 1 is 0.879 bits per heavy atom. The number of imide groups is 1. The summed E-state index contributed by atoms with van der Waals surface area (Å²) in [6, 6.07) is 21.1. The topological polar surface area (TPSA) is 165 Å². The molecule has 14 nitrogen and oxygen atoms in total. The number of rotatable bonds is 8. The first-order valence-electron chi connectivity index (χ1n) is 20.4. The van der Waals surface area contributed by atoms with Crippen LogP contribution in [-0.4, -0.2) is 86.7 Å². The van der Waals surface area contributed by atoms with Crippen molar-refractivity contribution in [1.82, 2.24) is 39.7 Å². The highest BCUT2D eigenvalue weighted by Gasteiger charge is 2.32. The third-order valence-electron chi connectivity index (χ3n) is 11.7. The maximum Gasteiger partial charge on any atom is 0.351 e. The number of fused-ring (bicyclic) bond motifs is 2. The number of nitrogens with zero attached hydrogens (tertiary/aromatic N) is 7. The van der Waals surface area contributed by atoms with Crippen LogP contribution < -0.4 is 31.7 Å². The second-order valence-corrected chi connectivity index (χ2v) is 16.7. The van der Waals surface area contributed by atoms with Crippen LogP contribution in [0.15, 0.2) is 84.0 Å². The predicted octanol–water partition coefficient (Wildman–Crippen LogP) is 5.60. The SMILES string of the molecule is Nc1ncnc2c(C3CCCCC3)sc(-c3ccc(Oc4ccccc4)cc3)c12.O=C1CCC(n2nc3cc(N4CC(CN5CCNCC5)C4)ccn3c2=O)C(=O)N1. The van der Waals surface area contributed by atoms with Crippen LogP contribution in [0, 0.1) is 5.92 Å². The Hall–Kier alpha value is -5.64. The van der Waals surface area contributed by atoms with E-state index in [1.807, 2.05) is 65.9 Å². The van der Waals surface area contributed by atoms with Crippen molar-refractivity contribution in [2.75, 3.05) is 56.4 Å². The Bertz CT molecular complexity index is 2460. The number of para-hydroxylation sites is 1. The van der Waals surface area contributed by atoms with E-state index in [0.29, 0.717) is 29.7 Å². The number of hydrogen-bond donors (Lipinski definition) is 3. The number of piperazine rings is 1. The van der Waals surface area contributed by atoms with E-state index < -0.39 is 11.9 Å². The molecular formula is C43H48N10O4S. The van der Waals surface area contributed by atoms with Crippen molar-refractivity contribution in [2.45, 2.75) is 56.9 Å². The Morgan fingerprint density at radius 2 is 1.64 bits per heavy atom. The molecular weight excluding hydrogens is 753 g/mol. The normalized spacial score (nSPS) is 19.4. The Morgan fingerprint density at radius 3 is 2.40 bits per heavy atom. The highest BCUT2D eigenvalue weighted by Crippen LogP contribution is 2.47. The molecule has 4 N–H and O–H groups in total. The number of piperidine rings is 1. The van der Waals surface area contributed by atoms with Crippen LogP contribution in [-0.2, 0) is 9.59 Å². The number of aromatic nitrogens is 5. The van der Waals surface area contributed by atoms with E-state index in [2.05, 4.69) is 47.6 Å². The molecule has 4 fully saturated rings. The van der Waals surface area contributed by atoms with Crippen molar-refractivity contribution in [3.8, 4) is 21.9 Å². The summed E-state index contributed by atoms with van der Waals surface area (Å²) in [4.78, 5) is 52.4. The van der Waals surface area contributed by atoms with E-state index in [9.17, 15) is 14.4 Å². The molecule has 300 valence electrons. The molecule has 1 aliphatic carbocycles. The average Bonchev–Trinajstić information content (AvgIpc) is 3.79. The molecule has 2 aromatic carbocycles. The maximum atomic E-state index is 12.7. The van der Waals surface area contributed by atoms with Crippen LogP contribution in [0.2, 0.25) is 0 Å². The van der Waals surface area contributed by atoms with Gasteiger partial charge in [0.2, 0.25) is 5.91 Å². The van der Waals surface area contributed by atoms with E-state index in [0.717, 1.165) is 84.3 Å². The van der Waals surface area contributed by atoms with Crippen molar-refractivity contribution in [2.24, 2.45) is 5.92 Å². The first-order valence-corrected chi connectivity index (χ1v) is 21.2. The number of benzene rings is 2. The van der Waals surface area contributed by atoms with Gasteiger partial charge < -0.3 is 25.6 Å². The van der Waals surface area contributed by atoms with Gasteiger partial charge in [0.15, 0.2) is 5.65 Å². The number of thiophene rings is 1. The zero-order valence-electron chi connectivity index (χ0n) is 32.4. The number of anilines is 2. The molecule has 0 spiro atoms. The Labute approximate surface area is 340 Å². The minimum Gasteiger partial charge on any atom is -0.457 e. The Kier molecular flexibility index (Phi) is 10.9. The standard InChI is InChI=1S/C24H23N3OS.C19H25N7O3/c25-24-20-21(26-15-27-24)23(16-7-3-1-4-8-16)29-22(20)17-11-13-19(14-12-17)28-18-9-5-2-6-10-18;27-17-2-1-15(18(28)21-17)26-19(29)25-6-3-14(9-16(25)22-26)24-11-13(12-24)10-23-7-4-20-5-8-23/h2,5-6,9-16H,1,3-4,7-8H2,(H2,25,26,27);3,6,9,13,15,20H,1-2,4-5,7-8,10-12H2,(H,21,27,28). The minimum absolute atomic E-state index is 0.213. The van der Waals surface area contributed by atoms with Crippen LogP contribution in [0.1, 0.15) is 61.8 Å². The van der Waals surface area contributed by atoms with Crippen molar-refractivity contribution < 1.29 is 14.3 Å². The number of nitrogens with two attached hydrogens (primary N) is 1. The average molecular weight is 801 g/mol. The molecule has 2 amide bonds. The largest absolute Gasteiger partial charge is 0.457 e. The van der Waals surface area contributed by atoms with Gasteiger partial charge in [0.05, 0.1) is 10.9 Å². The summed E-state index contributed by atoms with van der Waals surface area (Å²) in [7, 11) is 0. The highest BCUT2D eigenvalue weighted by atomic mass is 32.1. The number of carbonyl (C=O) groups is 2. The number of nitrogen functional groups attached to an aromatic ring is 1. The van der Waals surface area contributed by atoms with Crippen molar-refractivity contribution in [3.05, 3.63) is 94.6 Å². The molecule has 6 aromatic rings. The van der Waals surface area contributed by atoms with Gasteiger partial charge in [-0.25, -0.2) is 14.8 Å². The summed E-state index contributed by atoms with van der Waals surface area (Å²) < 4.78 is 8.58. The lowest BCUT2D eigenvalue weighted by Crippen LogP contribution is -2.54. The van der Waals surface area contributed by atoms with Crippen LogP contribution in [0.4, 0.5) is 11.5 Å². The third kappa shape index (κ3) is 7.93. The number of carbonyl (C=O) groups excluding carboxylic acids is 2. The monoisotopic (exact) mass is 800 g/mol. The molecule has 0 bridgehead atoms. The Balaban J connectivity index is 0.000000150. The number of pyridine rings is 1. The van der Waals surface area contributed by atoms with Crippen LogP contribution in [0.25, 0.3) is 27.0 Å². The number of hydrogen-bond acceptors (Lipinski definition) is 12. The third-order valence-corrected chi connectivity index (χ3v) is 13.1. The summed E-state index contributed by atoms with van der Waals surface area (Å²) >= 11 is 1.83. The maximum absolute atomic E-state index is 12.7. The van der Waals surface area contributed by atoms with Gasteiger partial charge in [0, 0.05) is 85.9 Å². The highest BCUT2D eigenvalue weighted by molar-refractivity contribution is 7.17. The number of amides is 2. The van der Waals surface area contributed by atoms with Crippen LogP contribution in [0.5, 0.6) is 11.5 Å². The summed E-state index contributed by atoms with van der Waals surface area (Å²) in [6.07, 6.45) is 10.2. The molecule has 0 radical (unpaired) electrons. The first kappa shape index (κ1) is 37.9. The van der Waals surface area contributed by atoms with Crippen molar-refractivity contribution >= 4 is 51.2 Å². The molecule has 4 aliphatic rings. The second kappa shape index (κ2) is 16.7. The molecule has 7 heterocycles. The molecule has 15 heteroatoms. The predicted molar refractivity (Wildman–Crippen MR) is 225 cm³/mol. The van der Waals surface area contributed by atoms with Gasteiger partial charge >= 0.3 is 5.69 Å². The lowest BCUT2D eigenvalue weighted by atomic mass is 9.87. The van der Waals surface area contributed by atoms with Gasteiger partial charge in [-0.1, -0.05) is 37.5 Å². The summed E-state index contributed by atoms with van der Waals surface area (Å²) in [5, 5.41) is 11.0. The number of nitrogens with one attached hydrogen (secondary N) is 2. The van der Waals surface area contributed by atoms with Gasteiger partial charge in [-0.05, 0) is 73.2 Å². The molecule has 1 saturated carbocycles. The zero-order chi connectivity index (χ0) is 39.6. The molecule has 4 aromatic heterocycles. The minimum atomic E-state index is -0.740. The molecule has 3 saturated heterocycles. The van der Waals surface area contributed by atoms with Gasteiger partial charge in [0.25, 0.3) is 5.91 Å². The zero-order valence-corrected chi connectivity index (χ0v) is 33.2. The van der Waals surface area contributed by atoms with Gasteiger partial charge in [-0.2, -0.15) is 4.68 Å². The summed E-state index contributed by atoms with van der Waals surface area (Å²) in [6.45, 7) is 7.49. The van der Waals surface area contributed by atoms with E-state index in [1.54, 1.807) is 12.5 Å². The molecule has 1 atom stereocenters. The van der Waals surface area contributed by atoms with E-state index >= 15 is 0 Å².